The highest BCUT2D eigenvalue weighted by atomic mass is 19.1. The fourth-order valence-corrected chi connectivity index (χ4v) is 7.10. The Morgan fingerprint density at radius 1 is 1.23 bits per heavy atom. The van der Waals surface area contributed by atoms with Crippen molar-refractivity contribution in [1.29, 1.82) is 0 Å². The molecular weight excluding hydrogens is 381 g/mol. The summed E-state index contributed by atoms with van der Waals surface area (Å²) in [6.07, 6.45) is 7.95. The van der Waals surface area contributed by atoms with Crippen LogP contribution in [0, 0.1) is 24.2 Å². The van der Waals surface area contributed by atoms with Gasteiger partial charge in [0.1, 0.15) is 5.67 Å². The summed E-state index contributed by atoms with van der Waals surface area (Å²) in [4.78, 5) is 19.8. The molecule has 1 aromatic rings. The Labute approximate surface area is 178 Å². The van der Waals surface area contributed by atoms with Crippen LogP contribution in [0.15, 0.2) is 18.3 Å². The maximum absolute atomic E-state index is 15.3. The zero-order valence-electron chi connectivity index (χ0n) is 18.0. The summed E-state index contributed by atoms with van der Waals surface area (Å²) in [5.41, 5.74) is -0.264. The highest BCUT2D eigenvalue weighted by Gasteiger charge is 2.61. The SMILES string of the molecule is Cc1ccc(CNCC2(F)CCN(C(=O)C34C[C@@H]5C[C@@H](CC(O)(C5)C3)C4)CC2)nc1. The lowest BCUT2D eigenvalue weighted by Gasteiger charge is -2.60. The second-order valence-electron chi connectivity index (χ2n) is 10.8. The minimum absolute atomic E-state index is 0.189. The smallest absolute Gasteiger partial charge is 0.228 e. The van der Waals surface area contributed by atoms with Gasteiger partial charge >= 0.3 is 0 Å². The van der Waals surface area contributed by atoms with Gasteiger partial charge in [-0.1, -0.05) is 6.07 Å². The molecule has 5 nitrogen and oxygen atoms in total. The molecule has 0 spiro atoms. The molecule has 2 unspecified atom stereocenters. The predicted molar refractivity (Wildman–Crippen MR) is 112 cm³/mol. The minimum atomic E-state index is -1.28. The van der Waals surface area contributed by atoms with Gasteiger partial charge in [0.2, 0.25) is 5.91 Å². The molecule has 4 aliphatic carbocycles. The Balaban J connectivity index is 1.16. The van der Waals surface area contributed by atoms with E-state index in [1.807, 2.05) is 30.2 Å². The average molecular weight is 416 g/mol. The third-order valence-corrected chi connectivity index (χ3v) is 8.15. The molecule has 164 valence electrons. The number of carbonyl (C=O) groups excluding carboxylic acids is 1. The molecule has 0 radical (unpaired) electrons. The van der Waals surface area contributed by atoms with E-state index in [-0.39, 0.29) is 11.3 Å². The fourth-order valence-electron chi connectivity index (χ4n) is 7.10. The molecule has 5 aliphatic rings. The number of nitrogens with one attached hydrogen (secondary N) is 1. The van der Waals surface area contributed by atoms with Crippen LogP contribution in [-0.2, 0) is 11.3 Å². The largest absolute Gasteiger partial charge is 0.390 e. The number of aliphatic hydroxyl groups is 1. The number of piperidine rings is 1. The first-order valence-corrected chi connectivity index (χ1v) is 11.6. The normalized spacial score (nSPS) is 36.8. The van der Waals surface area contributed by atoms with Crippen LogP contribution in [0.2, 0.25) is 0 Å². The molecule has 6 rings (SSSR count). The number of hydrogen-bond donors (Lipinski definition) is 2. The van der Waals surface area contributed by atoms with Crippen molar-refractivity contribution in [2.75, 3.05) is 19.6 Å². The highest BCUT2D eigenvalue weighted by molar-refractivity contribution is 5.83. The Morgan fingerprint density at radius 3 is 2.53 bits per heavy atom. The first-order valence-electron chi connectivity index (χ1n) is 11.6. The van der Waals surface area contributed by atoms with Crippen LogP contribution in [0.5, 0.6) is 0 Å². The molecule has 1 saturated heterocycles. The van der Waals surface area contributed by atoms with E-state index >= 15 is 4.39 Å². The molecule has 4 saturated carbocycles. The summed E-state index contributed by atoms with van der Waals surface area (Å²) in [6, 6.07) is 3.98. The maximum Gasteiger partial charge on any atom is 0.228 e. The van der Waals surface area contributed by atoms with Crippen molar-refractivity contribution in [2.24, 2.45) is 17.3 Å². The number of alkyl halides is 1. The predicted octanol–water partition coefficient (Wildman–Crippen LogP) is 3.14. The number of pyridine rings is 1. The molecule has 0 aromatic carbocycles. The Kier molecular flexibility index (Phi) is 4.93. The molecule has 1 amide bonds. The number of aromatic nitrogens is 1. The van der Waals surface area contributed by atoms with Crippen LogP contribution in [0.3, 0.4) is 0 Å². The number of amides is 1. The number of nitrogens with zero attached hydrogens (tertiary/aromatic N) is 2. The molecule has 1 aromatic heterocycles. The van der Waals surface area contributed by atoms with E-state index in [2.05, 4.69) is 10.3 Å². The molecular formula is C24H34FN3O2. The third kappa shape index (κ3) is 3.77. The molecule has 4 atom stereocenters. The zero-order valence-corrected chi connectivity index (χ0v) is 18.0. The fraction of sp³-hybridized carbons (Fsp3) is 0.750. The van der Waals surface area contributed by atoms with Crippen molar-refractivity contribution in [3.05, 3.63) is 29.6 Å². The van der Waals surface area contributed by atoms with Crippen LogP contribution < -0.4 is 5.32 Å². The molecule has 2 heterocycles. The van der Waals surface area contributed by atoms with E-state index in [4.69, 9.17) is 0 Å². The summed E-state index contributed by atoms with van der Waals surface area (Å²) in [5.74, 6) is 1.17. The molecule has 30 heavy (non-hydrogen) atoms. The van der Waals surface area contributed by atoms with E-state index in [1.165, 1.54) is 6.42 Å². The van der Waals surface area contributed by atoms with Gasteiger partial charge in [0.05, 0.1) is 16.7 Å². The second kappa shape index (κ2) is 7.27. The lowest BCUT2D eigenvalue weighted by atomic mass is 9.47. The Bertz CT molecular complexity index is 789. The van der Waals surface area contributed by atoms with Gasteiger partial charge in [-0.25, -0.2) is 4.39 Å². The van der Waals surface area contributed by atoms with Gasteiger partial charge in [-0.2, -0.15) is 0 Å². The van der Waals surface area contributed by atoms with Crippen molar-refractivity contribution in [2.45, 2.75) is 76.1 Å². The van der Waals surface area contributed by atoms with E-state index in [1.54, 1.807) is 0 Å². The number of likely N-dealkylation sites (tertiary alicyclic amines) is 1. The van der Waals surface area contributed by atoms with Gasteiger partial charge in [-0.05, 0) is 68.9 Å². The Morgan fingerprint density at radius 2 is 1.93 bits per heavy atom. The molecule has 4 bridgehead atoms. The third-order valence-electron chi connectivity index (χ3n) is 8.15. The minimum Gasteiger partial charge on any atom is -0.390 e. The van der Waals surface area contributed by atoms with Crippen LogP contribution >= 0.6 is 0 Å². The Hall–Kier alpha value is -1.53. The van der Waals surface area contributed by atoms with Crippen LogP contribution in [0.1, 0.15) is 62.6 Å². The van der Waals surface area contributed by atoms with Crippen molar-refractivity contribution in [3.63, 3.8) is 0 Å². The van der Waals surface area contributed by atoms with Gasteiger partial charge < -0.3 is 15.3 Å². The summed E-state index contributed by atoms with van der Waals surface area (Å²) < 4.78 is 15.3. The maximum atomic E-state index is 15.3. The highest BCUT2D eigenvalue weighted by Crippen LogP contribution is 2.62. The first-order chi connectivity index (χ1) is 14.3. The lowest BCUT2D eigenvalue weighted by molar-refractivity contribution is -0.187. The van der Waals surface area contributed by atoms with E-state index in [0.717, 1.165) is 36.9 Å². The number of aryl methyl sites for hydroxylation is 1. The number of carbonyl (C=O) groups is 1. The quantitative estimate of drug-likeness (QED) is 0.776. The van der Waals surface area contributed by atoms with E-state index < -0.39 is 11.3 Å². The van der Waals surface area contributed by atoms with E-state index in [9.17, 15) is 9.90 Å². The molecule has 5 fully saturated rings. The number of hydrogen-bond acceptors (Lipinski definition) is 4. The van der Waals surface area contributed by atoms with Crippen LogP contribution in [0.25, 0.3) is 0 Å². The van der Waals surface area contributed by atoms with Gasteiger partial charge in [-0.15, -0.1) is 0 Å². The van der Waals surface area contributed by atoms with Crippen molar-refractivity contribution in [1.82, 2.24) is 15.2 Å². The summed E-state index contributed by atoms with van der Waals surface area (Å²) in [5, 5.41) is 14.2. The molecule has 6 heteroatoms. The average Bonchev–Trinajstić information content (AvgIpc) is 2.68. The monoisotopic (exact) mass is 415 g/mol. The van der Waals surface area contributed by atoms with Crippen LogP contribution in [-0.4, -0.2) is 51.8 Å². The number of rotatable bonds is 5. The van der Waals surface area contributed by atoms with Crippen molar-refractivity contribution < 1.29 is 14.3 Å². The summed E-state index contributed by atoms with van der Waals surface area (Å²) >= 11 is 0. The lowest BCUT2D eigenvalue weighted by Crippen LogP contribution is -2.62. The zero-order chi connectivity index (χ0) is 21.0. The standard InChI is InChI=1S/C24H34FN3O2/c1-17-2-3-20(27-13-17)14-26-16-23(25)4-6-28(7-5-23)21(29)22-9-18-8-19(10-22)12-24(30,11-18)15-22/h2-3,13,18-19,26,30H,4-12,14-16H2,1H3/t18-,19+,22?,24?. The topological polar surface area (TPSA) is 65.5 Å². The van der Waals surface area contributed by atoms with Gasteiger partial charge in [0.15, 0.2) is 0 Å². The van der Waals surface area contributed by atoms with Crippen molar-refractivity contribution in [3.8, 4) is 0 Å². The molecule has 2 N–H and O–H groups in total. The molecule has 1 aliphatic heterocycles. The van der Waals surface area contributed by atoms with E-state index in [0.29, 0.717) is 57.3 Å². The second-order valence-corrected chi connectivity index (χ2v) is 10.8. The summed E-state index contributed by atoms with van der Waals surface area (Å²) in [6.45, 7) is 3.81. The van der Waals surface area contributed by atoms with Gasteiger partial charge in [-0.3, -0.25) is 9.78 Å². The van der Waals surface area contributed by atoms with Crippen LogP contribution in [0.4, 0.5) is 4.39 Å². The number of halogens is 1. The van der Waals surface area contributed by atoms with Gasteiger partial charge in [0, 0.05) is 45.2 Å². The van der Waals surface area contributed by atoms with Gasteiger partial charge in [0.25, 0.3) is 0 Å². The summed E-state index contributed by atoms with van der Waals surface area (Å²) in [7, 11) is 0. The van der Waals surface area contributed by atoms with Crippen molar-refractivity contribution >= 4 is 5.91 Å². The first kappa shape index (κ1) is 20.4.